The summed E-state index contributed by atoms with van der Waals surface area (Å²) in [7, 11) is 0. The molecule has 6 heteroatoms. The average molecular weight is 291 g/mol. The summed E-state index contributed by atoms with van der Waals surface area (Å²) in [5.41, 5.74) is 0.819. The number of anilines is 1. The van der Waals surface area contributed by atoms with Crippen LogP contribution in [0.5, 0.6) is 5.75 Å². The molecule has 2 aliphatic rings. The van der Waals surface area contributed by atoms with Gasteiger partial charge in [-0.3, -0.25) is 4.79 Å². The molecule has 2 heterocycles. The van der Waals surface area contributed by atoms with Crippen LogP contribution < -0.4 is 10.2 Å². The highest BCUT2D eigenvalue weighted by molar-refractivity contribution is 5.82. The van der Waals surface area contributed by atoms with Gasteiger partial charge in [-0.15, -0.1) is 0 Å². The predicted octanol–water partition coefficient (Wildman–Crippen LogP) is -0.236. The van der Waals surface area contributed by atoms with E-state index < -0.39 is 6.10 Å². The average Bonchev–Trinajstić information content (AvgIpc) is 2.94. The lowest BCUT2D eigenvalue weighted by Crippen LogP contribution is -2.53. The number of hydrogen-bond donors (Lipinski definition) is 3. The van der Waals surface area contributed by atoms with Crippen molar-refractivity contribution < 1.29 is 15.0 Å². The highest BCUT2D eigenvalue weighted by Gasteiger charge is 2.32. The fraction of sp³-hybridized carbons (Fsp3) is 0.533. The number of aromatic hydroxyl groups is 1. The molecule has 0 bridgehead atoms. The van der Waals surface area contributed by atoms with E-state index in [1.807, 2.05) is 17.0 Å². The maximum absolute atomic E-state index is 12.3. The first-order valence-corrected chi connectivity index (χ1v) is 7.38. The number of nitrogens with zero attached hydrogens (tertiary/aromatic N) is 2. The van der Waals surface area contributed by atoms with Gasteiger partial charge in [-0.25, -0.2) is 0 Å². The Morgan fingerprint density at radius 2 is 1.90 bits per heavy atom. The highest BCUT2D eigenvalue weighted by atomic mass is 16.3. The number of β-amino-alcohol motifs (C(OH)–C–C–N with tert-alkyl or cyclic N) is 1. The van der Waals surface area contributed by atoms with Crippen LogP contribution in [0.15, 0.2) is 24.3 Å². The van der Waals surface area contributed by atoms with Crippen LogP contribution in [0.4, 0.5) is 5.69 Å². The maximum atomic E-state index is 12.3. The molecule has 3 rings (SSSR count). The molecule has 21 heavy (non-hydrogen) atoms. The van der Waals surface area contributed by atoms with Gasteiger partial charge < -0.3 is 25.3 Å². The first-order chi connectivity index (χ1) is 10.1. The lowest BCUT2D eigenvalue weighted by molar-refractivity contribution is -0.133. The van der Waals surface area contributed by atoms with Gasteiger partial charge in [0, 0.05) is 32.7 Å². The Labute approximate surface area is 124 Å². The minimum Gasteiger partial charge on any atom is -0.506 e. The van der Waals surface area contributed by atoms with Crippen molar-refractivity contribution in [3.63, 3.8) is 0 Å². The highest BCUT2D eigenvalue weighted by Crippen LogP contribution is 2.27. The SMILES string of the molecule is O=C(C1CC(O)CN1)N1CCN(c2ccccc2O)CC1. The number of amides is 1. The molecule has 0 aliphatic carbocycles. The van der Waals surface area contributed by atoms with E-state index in [9.17, 15) is 15.0 Å². The van der Waals surface area contributed by atoms with Crippen molar-refractivity contribution in [1.82, 2.24) is 10.2 Å². The summed E-state index contributed by atoms with van der Waals surface area (Å²) in [6.45, 7) is 3.19. The van der Waals surface area contributed by atoms with Crippen LogP contribution in [0, 0.1) is 0 Å². The third-order valence-corrected chi connectivity index (χ3v) is 4.22. The van der Waals surface area contributed by atoms with Gasteiger partial charge in [0.15, 0.2) is 0 Å². The van der Waals surface area contributed by atoms with Crippen LogP contribution in [0.3, 0.4) is 0 Å². The molecule has 2 unspecified atom stereocenters. The van der Waals surface area contributed by atoms with Crippen molar-refractivity contribution in [3.05, 3.63) is 24.3 Å². The van der Waals surface area contributed by atoms with Crippen LogP contribution in [0.2, 0.25) is 0 Å². The topological polar surface area (TPSA) is 76.0 Å². The van der Waals surface area contributed by atoms with E-state index in [4.69, 9.17) is 0 Å². The van der Waals surface area contributed by atoms with Gasteiger partial charge in [0.25, 0.3) is 0 Å². The normalized spacial score (nSPS) is 26.1. The Morgan fingerprint density at radius 3 is 2.52 bits per heavy atom. The van der Waals surface area contributed by atoms with E-state index in [-0.39, 0.29) is 17.7 Å². The van der Waals surface area contributed by atoms with Crippen LogP contribution in [0.1, 0.15) is 6.42 Å². The molecule has 2 fully saturated rings. The zero-order chi connectivity index (χ0) is 14.8. The summed E-state index contributed by atoms with van der Waals surface area (Å²) >= 11 is 0. The molecular weight excluding hydrogens is 270 g/mol. The number of carbonyl (C=O) groups excluding carboxylic acids is 1. The first kappa shape index (κ1) is 14.2. The number of piperazine rings is 1. The quantitative estimate of drug-likeness (QED) is 0.701. The van der Waals surface area contributed by atoms with Crippen LogP contribution >= 0.6 is 0 Å². The number of aliphatic hydroxyl groups is 1. The van der Waals surface area contributed by atoms with Gasteiger partial charge in [-0.2, -0.15) is 0 Å². The molecule has 2 aliphatic heterocycles. The van der Waals surface area contributed by atoms with Crippen molar-refractivity contribution in [1.29, 1.82) is 0 Å². The second-order valence-corrected chi connectivity index (χ2v) is 5.65. The van der Waals surface area contributed by atoms with Crippen LogP contribution in [-0.4, -0.2) is 65.9 Å². The number of nitrogens with one attached hydrogen (secondary N) is 1. The Morgan fingerprint density at radius 1 is 1.19 bits per heavy atom. The third kappa shape index (κ3) is 2.96. The zero-order valence-electron chi connectivity index (χ0n) is 11.9. The number of aliphatic hydroxyl groups excluding tert-OH is 1. The first-order valence-electron chi connectivity index (χ1n) is 7.38. The fourth-order valence-corrected chi connectivity index (χ4v) is 3.02. The van der Waals surface area contributed by atoms with Crippen LogP contribution in [0.25, 0.3) is 0 Å². The molecule has 0 spiro atoms. The molecule has 1 amide bonds. The number of hydrogen-bond acceptors (Lipinski definition) is 5. The smallest absolute Gasteiger partial charge is 0.239 e. The standard InChI is InChI=1S/C15H21N3O3/c19-11-9-12(16-10-11)15(21)18-7-5-17(6-8-18)13-3-1-2-4-14(13)20/h1-4,11-12,16,19-20H,5-10H2. The van der Waals surface area contributed by atoms with Crippen molar-refractivity contribution in [2.24, 2.45) is 0 Å². The summed E-state index contributed by atoms with van der Waals surface area (Å²) < 4.78 is 0. The maximum Gasteiger partial charge on any atom is 0.239 e. The number of benzene rings is 1. The number of rotatable bonds is 2. The molecule has 2 atom stereocenters. The largest absolute Gasteiger partial charge is 0.506 e. The van der Waals surface area contributed by atoms with E-state index in [0.717, 1.165) is 5.69 Å². The van der Waals surface area contributed by atoms with Crippen molar-refractivity contribution in [3.8, 4) is 5.75 Å². The molecule has 3 N–H and O–H groups in total. The summed E-state index contributed by atoms with van der Waals surface area (Å²) in [6.07, 6.45) is 0.0833. The molecule has 0 radical (unpaired) electrons. The van der Waals surface area contributed by atoms with Gasteiger partial charge in [-0.05, 0) is 18.6 Å². The van der Waals surface area contributed by atoms with Crippen LogP contribution in [-0.2, 0) is 4.79 Å². The third-order valence-electron chi connectivity index (χ3n) is 4.22. The van der Waals surface area contributed by atoms with Gasteiger partial charge in [0.05, 0.1) is 17.8 Å². The van der Waals surface area contributed by atoms with E-state index in [0.29, 0.717) is 39.1 Å². The minimum absolute atomic E-state index is 0.0727. The second-order valence-electron chi connectivity index (χ2n) is 5.65. The van der Waals surface area contributed by atoms with Gasteiger partial charge in [-0.1, -0.05) is 12.1 Å². The Kier molecular flexibility index (Phi) is 3.98. The Bertz CT molecular complexity index is 515. The second kappa shape index (κ2) is 5.91. The molecule has 114 valence electrons. The van der Waals surface area contributed by atoms with Gasteiger partial charge in [0.2, 0.25) is 5.91 Å². The molecule has 6 nitrogen and oxygen atoms in total. The summed E-state index contributed by atoms with van der Waals surface area (Å²) in [4.78, 5) is 16.3. The lowest BCUT2D eigenvalue weighted by atomic mass is 10.1. The van der Waals surface area contributed by atoms with E-state index in [1.165, 1.54) is 0 Å². The van der Waals surface area contributed by atoms with Crippen molar-refractivity contribution >= 4 is 11.6 Å². The monoisotopic (exact) mass is 291 g/mol. The van der Waals surface area contributed by atoms with Gasteiger partial charge in [0.1, 0.15) is 5.75 Å². The van der Waals surface area contributed by atoms with Gasteiger partial charge >= 0.3 is 0 Å². The molecule has 2 saturated heterocycles. The predicted molar refractivity (Wildman–Crippen MR) is 79.3 cm³/mol. The van der Waals surface area contributed by atoms with E-state index in [1.54, 1.807) is 12.1 Å². The lowest BCUT2D eigenvalue weighted by Gasteiger charge is -2.37. The Balaban J connectivity index is 1.58. The Hall–Kier alpha value is -1.79. The molecule has 1 aromatic carbocycles. The summed E-state index contributed by atoms with van der Waals surface area (Å²) in [5.74, 6) is 0.348. The molecule has 1 aromatic rings. The van der Waals surface area contributed by atoms with E-state index in [2.05, 4.69) is 10.2 Å². The minimum atomic E-state index is -0.415. The summed E-state index contributed by atoms with van der Waals surface area (Å²) in [5, 5.41) is 22.4. The number of phenols is 1. The summed E-state index contributed by atoms with van der Waals surface area (Å²) in [6, 6.07) is 7.02. The van der Waals surface area contributed by atoms with Crippen molar-refractivity contribution in [2.75, 3.05) is 37.6 Å². The molecule has 0 saturated carbocycles. The fourth-order valence-electron chi connectivity index (χ4n) is 3.02. The molecular formula is C15H21N3O3. The molecule has 0 aromatic heterocycles. The van der Waals surface area contributed by atoms with E-state index >= 15 is 0 Å². The number of carbonyl (C=O) groups is 1. The number of para-hydroxylation sites is 2. The zero-order valence-corrected chi connectivity index (χ0v) is 11.9. The number of phenolic OH excluding ortho intramolecular Hbond substituents is 1. The van der Waals surface area contributed by atoms with Crippen molar-refractivity contribution in [2.45, 2.75) is 18.6 Å².